The van der Waals surface area contributed by atoms with Gasteiger partial charge in [-0.1, -0.05) is 35.8 Å². The van der Waals surface area contributed by atoms with Crippen LogP contribution in [0, 0.1) is 6.92 Å². The van der Waals surface area contributed by atoms with E-state index in [0.717, 1.165) is 10.9 Å². The van der Waals surface area contributed by atoms with Crippen LogP contribution in [0.1, 0.15) is 45.2 Å². The molecule has 0 saturated carbocycles. The van der Waals surface area contributed by atoms with E-state index in [1.54, 1.807) is 0 Å². The van der Waals surface area contributed by atoms with Crippen LogP contribution in [0.2, 0.25) is 0 Å². The van der Waals surface area contributed by atoms with Gasteiger partial charge in [-0.2, -0.15) is 0 Å². The summed E-state index contributed by atoms with van der Waals surface area (Å²) in [7, 11) is 0. The molecule has 0 fully saturated rings. The van der Waals surface area contributed by atoms with Crippen molar-refractivity contribution in [2.24, 2.45) is 0 Å². The van der Waals surface area contributed by atoms with Crippen LogP contribution in [-0.4, -0.2) is 10.7 Å². The number of aryl methyl sites for hydroxylation is 1. The van der Waals surface area contributed by atoms with E-state index in [2.05, 4.69) is 54.9 Å². The lowest BCUT2D eigenvalue weighted by molar-refractivity contribution is 0.0500. The quantitative estimate of drug-likeness (QED) is 0.882. The average Bonchev–Trinajstić information content (AvgIpc) is 2.04. The summed E-state index contributed by atoms with van der Waals surface area (Å²) in [6, 6.07) is 6.33. The third-order valence-electron chi connectivity index (χ3n) is 2.80. The molecule has 0 saturated heterocycles. The zero-order valence-corrected chi connectivity index (χ0v) is 12.4. The first-order valence-corrected chi connectivity index (χ1v) is 6.40. The van der Waals surface area contributed by atoms with E-state index < -0.39 is 5.60 Å². The highest BCUT2D eigenvalue weighted by Gasteiger charge is 2.29. The van der Waals surface area contributed by atoms with Crippen LogP contribution in [0.15, 0.2) is 22.7 Å². The number of halogens is 1. The van der Waals surface area contributed by atoms with Gasteiger partial charge in [0.1, 0.15) is 0 Å². The van der Waals surface area contributed by atoms with E-state index in [1.165, 1.54) is 11.1 Å². The standard InChI is InChI=1S/C14H21BrO/c1-10-6-7-11(15)8-12(10)13(2,3)9-14(4,5)16/h6-8,16H,9H2,1-5H3. The summed E-state index contributed by atoms with van der Waals surface area (Å²) >= 11 is 3.51. The highest BCUT2D eigenvalue weighted by molar-refractivity contribution is 9.10. The summed E-state index contributed by atoms with van der Waals surface area (Å²) in [5, 5.41) is 9.96. The summed E-state index contributed by atoms with van der Waals surface area (Å²) in [6.45, 7) is 10.2. The Kier molecular flexibility index (Phi) is 3.86. The van der Waals surface area contributed by atoms with Gasteiger partial charge in [0.25, 0.3) is 0 Å². The topological polar surface area (TPSA) is 20.2 Å². The van der Waals surface area contributed by atoms with Crippen molar-refractivity contribution >= 4 is 15.9 Å². The molecular formula is C14H21BrO. The molecule has 0 unspecified atom stereocenters. The summed E-state index contributed by atoms with van der Waals surface area (Å²) < 4.78 is 1.09. The van der Waals surface area contributed by atoms with Crippen molar-refractivity contribution in [2.75, 3.05) is 0 Å². The maximum atomic E-state index is 9.96. The van der Waals surface area contributed by atoms with Crippen LogP contribution in [0.25, 0.3) is 0 Å². The molecule has 0 atom stereocenters. The van der Waals surface area contributed by atoms with Crippen molar-refractivity contribution in [3.63, 3.8) is 0 Å². The van der Waals surface area contributed by atoms with Gasteiger partial charge in [0.15, 0.2) is 0 Å². The maximum absolute atomic E-state index is 9.96. The molecule has 0 heterocycles. The third-order valence-corrected chi connectivity index (χ3v) is 3.30. The minimum atomic E-state index is -0.641. The molecule has 0 amide bonds. The molecule has 0 radical (unpaired) electrons. The lowest BCUT2D eigenvalue weighted by Gasteiger charge is -2.33. The smallest absolute Gasteiger partial charge is 0.0600 e. The van der Waals surface area contributed by atoms with Gasteiger partial charge in [-0.25, -0.2) is 0 Å². The Morgan fingerprint density at radius 3 is 2.25 bits per heavy atom. The van der Waals surface area contributed by atoms with Gasteiger partial charge < -0.3 is 5.11 Å². The maximum Gasteiger partial charge on any atom is 0.0600 e. The minimum absolute atomic E-state index is 0.0217. The van der Waals surface area contributed by atoms with Crippen molar-refractivity contribution in [1.29, 1.82) is 0 Å². The lowest BCUT2D eigenvalue weighted by atomic mass is 9.75. The zero-order valence-electron chi connectivity index (χ0n) is 10.8. The number of rotatable bonds is 3. The third kappa shape index (κ3) is 3.60. The second-order valence-corrected chi connectivity index (χ2v) is 6.75. The molecule has 0 aromatic heterocycles. The molecule has 1 nitrogen and oxygen atoms in total. The number of benzene rings is 1. The molecule has 1 N–H and O–H groups in total. The molecule has 0 aliphatic heterocycles. The van der Waals surface area contributed by atoms with E-state index in [0.29, 0.717) is 0 Å². The second kappa shape index (κ2) is 4.50. The highest BCUT2D eigenvalue weighted by atomic mass is 79.9. The summed E-state index contributed by atoms with van der Waals surface area (Å²) in [4.78, 5) is 0. The number of hydrogen-bond donors (Lipinski definition) is 1. The van der Waals surface area contributed by atoms with Crippen molar-refractivity contribution in [3.05, 3.63) is 33.8 Å². The summed E-state index contributed by atoms with van der Waals surface area (Å²) in [5.74, 6) is 0. The Morgan fingerprint density at radius 2 is 1.75 bits per heavy atom. The second-order valence-electron chi connectivity index (χ2n) is 5.83. The molecule has 0 aliphatic carbocycles. The van der Waals surface area contributed by atoms with Crippen molar-refractivity contribution in [2.45, 2.75) is 52.1 Å². The number of aliphatic hydroxyl groups is 1. The van der Waals surface area contributed by atoms with Gasteiger partial charge in [-0.3, -0.25) is 0 Å². The predicted molar refractivity (Wildman–Crippen MR) is 72.8 cm³/mol. The largest absolute Gasteiger partial charge is 0.390 e. The molecule has 0 spiro atoms. The fourth-order valence-corrected chi connectivity index (χ4v) is 2.86. The monoisotopic (exact) mass is 284 g/mol. The molecule has 2 heteroatoms. The molecule has 90 valence electrons. The van der Waals surface area contributed by atoms with Crippen LogP contribution in [0.5, 0.6) is 0 Å². The lowest BCUT2D eigenvalue weighted by Crippen LogP contribution is -2.31. The van der Waals surface area contributed by atoms with E-state index in [4.69, 9.17) is 0 Å². The normalized spacial score (nSPS) is 12.9. The first kappa shape index (κ1) is 13.7. The molecular weight excluding hydrogens is 264 g/mol. The van der Waals surface area contributed by atoms with Crippen LogP contribution in [0.3, 0.4) is 0 Å². The highest BCUT2D eigenvalue weighted by Crippen LogP contribution is 2.35. The summed E-state index contributed by atoms with van der Waals surface area (Å²) in [5.41, 5.74) is 1.91. The Morgan fingerprint density at radius 1 is 1.19 bits per heavy atom. The SMILES string of the molecule is Cc1ccc(Br)cc1C(C)(C)CC(C)(C)O. The van der Waals surface area contributed by atoms with E-state index in [-0.39, 0.29) is 5.41 Å². The van der Waals surface area contributed by atoms with Gasteiger partial charge in [0.2, 0.25) is 0 Å². The fraction of sp³-hybridized carbons (Fsp3) is 0.571. The minimum Gasteiger partial charge on any atom is -0.390 e. The summed E-state index contributed by atoms with van der Waals surface area (Å²) in [6.07, 6.45) is 0.747. The van der Waals surface area contributed by atoms with E-state index >= 15 is 0 Å². The first-order chi connectivity index (χ1) is 7.12. The Labute approximate surface area is 107 Å². The molecule has 16 heavy (non-hydrogen) atoms. The first-order valence-electron chi connectivity index (χ1n) is 5.61. The van der Waals surface area contributed by atoms with Crippen LogP contribution >= 0.6 is 15.9 Å². The molecule has 1 rings (SSSR count). The van der Waals surface area contributed by atoms with Crippen molar-refractivity contribution in [3.8, 4) is 0 Å². The Bertz CT molecular complexity index is 375. The van der Waals surface area contributed by atoms with Crippen molar-refractivity contribution in [1.82, 2.24) is 0 Å². The van der Waals surface area contributed by atoms with Gasteiger partial charge in [0, 0.05) is 4.47 Å². The number of hydrogen-bond acceptors (Lipinski definition) is 1. The fourth-order valence-electron chi connectivity index (χ4n) is 2.50. The molecule has 0 aliphatic rings. The van der Waals surface area contributed by atoms with E-state index in [9.17, 15) is 5.11 Å². The van der Waals surface area contributed by atoms with Crippen molar-refractivity contribution < 1.29 is 5.11 Å². The Hall–Kier alpha value is -0.340. The molecule has 1 aromatic carbocycles. The van der Waals surface area contributed by atoms with Gasteiger partial charge in [-0.05, 0) is 55.9 Å². The van der Waals surface area contributed by atoms with Gasteiger partial charge in [0.05, 0.1) is 5.60 Å². The zero-order chi connectivity index (χ0) is 12.6. The predicted octanol–water partition coefficient (Wildman–Crippen LogP) is 4.20. The molecule has 0 bridgehead atoms. The van der Waals surface area contributed by atoms with E-state index in [1.807, 2.05) is 13.8 Å². The van der Waals surface area contributed by atoms with Crippen LogP contribution in [0.4, 0.5) is 0 Å². The van der Waals surface area contributed by atoms with Crippen LogP contribution < -0.4 is 0 Å². The van der Waals surface area contributed by atoms with Gasteiger partial charge in [-0.15, -0.1) is 0 Å². The molecule has 1 aromatic rings. The Balaban J connectivity index is 3.11. The average molecular weight is 285 g/mol. The van der Waals surface area contributed by atoms with Crippen LogP contribution in [-0.2, 0) is 5.41 Å². The van der Waals surface area contributed by atoms with Gasteiger partial charge >= 0.3 is 0 Å².